The molecule has 1 aromatic heterocycles. The molecule has 2 aromatic rings. The average Bonchev–Trinajstić information content (AvgIpc) is 2.81. The number of aryl methyl sites for hydroxylation is 1. The Labute approximate surface area is 158 Å². The van der Waals surface area contributed by atoms with Crippen molar-refractivity contribution in [2.75, 3.05) is 48.9 Å². The first-order valence-electron chi connectivity index (χ1n) is 9.02. The monoisotopic (exact) mass is 373 g/mol. The number of benzene rings is 1. The fraction of sp³-hybridized carbons (Fsp3) is 0.474. The van der Waals surface area contributed by atoms with Crippen LogP contribution in [-0.2, 0) is 11.2 Å². The fourth-order valence-electron chi connectivity index (χ4n) is 3.88. The maximum absolute atomic E-state index is 6.71. The lowest BCUT2D eigenvalue weighted by molar-refractivity contribution is 0.134. The van der Waals surface area contributed by atoms with E-state index in [1.54, 1.807) is 0 Å². The van der Waals surface area contributed by atoms with Gasteiger partial charge in [0.15, 0.2) is 0 Å². The highest BCUT2D eigenvalue weighted by Crippen LogP contribution is 2.38. The van der Waals surface area contributed by atoms with Crippen molar-refractivity contribution < 1.29 is 4.74 Å². The van der Waals surface area contributed by atoms with Crippen LogP contribution in [0.2, 0.25) is 5.02 Å². The van der Waals surface area contributed by atoms with Crippen LogP contribution in [0, 0.1) is 6.92 Å². The molecule has 7 heteroatoms. The zero-order valence-electron chi connectivity index (χ0n) is 15.2. The van der Waals surface area contributed by atoms with Crippen LogP contribution in [0.25, 0.3) is 0 Å². The third-order valence-electron chi connectivity index (χ3n) is 5.18. The Morgan fingerprint density at radius 3 is 2.88 bits per heavy atom. The average molecular weight is 374 g/mol. The van der Waals surface area contributed by atoms with Crippen LogP contribution in [0.15, 0.2) is 18.2 Å². The Hall–Kier alpha value is -2.05. The van der Waals surface area contributed by atoms with Crippen molar-refractivity contribution >= 4 is 29.1 Å². The van der Waals surface area contributed by atoms with E-state index in [1.165, 1.54) is 11.3 Å². The maximum Gasteiger partial charge on any atom is 0.222 e. The van der Waals surface area contributed by atoms with E-state index in [9.17, 15) is 0 Å². The third-order valence-corrected chi connectivity index (χ3v) is 5.50. The Kier molecular flexibility index (Phi) is 4.63. The van der Waals surface area contributed by atoms with E-state index in [-0.39, 0.29) is 6.04 Å². The van der Waals surface area contributed by atoms with Gasteiger partial charge in [0.1, 0.15) is 5.82 Å². The van der Waals surface area contributed by atoms with E-state index in [2.05, 4.69) is 38.9 Å². The molecule has 2 aliphatic rings. The van der Waals surface area contributed by atoms with E-state index in [0.29, 0.717) is 12.6 Å². The van der Waals surface area contributed by atoms with Crippen LogP contribution in [0.5, 0.6) is 0 Å². The molecular formula is C19H24ClN5O. The maximum atomic E-state index is 6.71. The highest BCUT2D eigenvalue weighted by molar-refractivity contribution is 6.31. The minimum atomic E-state index is 0.00917. The number of ether oxygens (including phenoxy) is 1. The first kappa shape index (κ1) is 17.4. The molecule has 0 radical (unpaired) electrons. The lowest BCUT2D eigenvalue weighted by Crippen LogP contribution is -2.32. The first-order chi connectivity index (χ1) is 12.5. The smallest absolute Gasteiger partial charge is 0.222 e. The minimum Gasteiger partial charge on any atom is -0.379 e. The summed E-state index contributed by atoms with van der Waals surface area (Å²) in [4.78, 5) is 13.2. The van der Waals surface area contributed by atoms with Crippen LogP contribution in [0.3, 0.4) is 0 Å². The Bertz CT molecular complexity index is 808. The van der Waals surface area contributed by atoms with Gasteiger partial charge in [0.2, 0.25) is 5.95 Å². The number of fused-ring (bicyclic) bond motifs is 1. The highest BCUT2D eigenvalue weighted by atomic mass is 35.5. The molecule has 0 bridgehead atoms. The number of halogens is 1. The molecule has 0 saturated carbocycles. The summed E-state index contributed by atoms with van der Waals surface area (Å²) in [6.07, 6.45) is 1.98. The zero-order valence-corrected chi connectivity index (χ0v) is 16.0. The van der Waals surface area contributed by atoms with Gasteiger partial charge in [-0.05, 0) is 37.0 Å². The third kappa shape index (κ3) is 3.19. The largest absolute Gasteiger partial charge is 0.379 e. The molecule has 1 unspecified atom stereocenters. The minimum absolute atomic E-state index is 0.00917. The molecule has 6 nitrogen and oxygen atoms in total. The van der Waals surface area contributed by atoms with Crippen molar-refractivity contribution in [3.05, 3.63) is 40.0 Å². The molecule has 26 heavy (non-hydrogen) atoms. The van der Waals surface area contributed by atoms with Gasteiger partial charge in [-0.2, -0.15) is 4.98 Å². The summed E-state index contributed by atoms with van der Waals surface area (Å²) in [5.41, 5.74) is 10.4. The number of hydrogen-bond donors (Lipinski definition) is 1. The van der Waals surface area contributed by atoms with Gasteiger partial charge in [-0.3, -0.25) is 0 Å². The van der Waals surface area contributed by atoms with Gasteiger partial charge < -0.3 is 20.3 Å². The van der Waals surface area contributed by atoms with E-state index >= 15 is 0 Å². The second kappa shape index (κ2) is 6.93. The first-order valence-corrected chi connectivity index (χ1v) is 9.40. The topological polar surface area (TPSA) is 67.5 Å². The van der Waals surface area contributed by atoms with Crippen LogP contribution in [-0.4, -0.2) is 43.3 Å². The number of aromatic nitrogens is 2. The molecule has 0 spiro atoms. The SMILES string of the molecule is Cc1cc(N2CCCOCC2c2cc3c(cc2Cl)N(C)CC3)nc(N)n1. The van der Waals surface area contributed by atoms with Crippen molar-refractivity contribution in [1.29, 1.82) is 0 Å². The molecule has 0 amide bonds. The van der Waals surface area contributed by atoms with Crippen molar-refractivity contribution in [3.8, 4) is 0 Å². The van der Waals surface area contributed by atoms with E-state index in [4.69, 9.17) is 22.1 Å². The molecule has 3 heterocycles. The summed E-state index contributed by atoms with van der Waals surface area (Å²) in [5.74, 6) is 1.13. The van der Waals surface area contributed by atoms with Gasteiger partial charge in [0.25, 0.3) is 0 Å². The molecule has 1 aromatic carbocycles. The summed E-state index contributed by atoms with van der Waals surface area (Å²) in [7, 11) is 2.11. The molecule has 138 valence electrons. The van der Waals surface area contributed by atoms with Gasteiger partial charge in [-0.15, -0.1) is 0 Å². The number of likely N-dealkylation sites (N-methyl/N-ethyl adjacent to an activating group) is 1. The number of anilines is 3. The number of nitrogen functional groups attached to an aromatic ring is 1. The second-order valence-electron chi connectivity index (χ2n) is 7.04. The Morgan fingerprint density at radius 2 is 2.08 bits per heavy atom. The van der Waals surface area contributed by atoms with E-state index < -0.39 is 0 Å². The van der Waals surface area contributed by atoms with Crippen molar-refractivity contribution in [1.82, 2.24) is 9.97 Å². The van der Waals surface area contributed by atoms with E-state index in [0.717, 1.165) is 54.6 Å². The predicted molar refractivity (Wildman–Crippen MR) is 105 cm³/mol. The summed E-state index contributed by atoms with van der Waals surface area (Å²) < 4.78 is 5.88. The van der Waals surface area contributed by atoms with Crippen molar-refractivity contribution in [2.24, 2.45) is 0 Å². The molecule has 2 N–H and O–H groups in total. The number of rotatable bonds is 2. The van der Waals surface area contributed by atoms with Gasteiger partial charge in [-0.25, -0.2) is 4.98 Å². The van der Waals surface area contributed by atoms with Gasteiger partial charge in [0.05, 0.1) is 12.6 Å². The lowest BCUT2D eigenvalue weighted by Gasteiger charge is -2.32. The summed E-state index contributed by atoms with van der Waals surface area (Å²) in [6.45, 7) is 5.12. The number of hydrogen-bond acceptors (Lipinski definition) is 6. The normalized spacial score (nSPS) is 20.2. The molecular weight excluding hydrogens is 350 g/mol. The van der Waals surface area contributed by atoms with Crippen molar-refractivity contribution in [2.45, 2.75) is 25.8 Å². The molecule has 2 aliphatic heterocycles. The Morgan fingerprint density at radius 1 is 1.23 bits per heavy atom. The summed E-state index contributed by atoms with van der Waals surface area (Å²) in [5, 5.41) is 0.775. The predicted octanol–water partition coefficient (Wildman–Crippen LogP) is 2.98. The van der Waals surface area contributed by atoms with Gasteiger partial charge >= 0.3 is 0 Å². The van der Waals surface area contributed by atoms with Crippen LogP contribution in [0.1, 0.15) is 29.3 Å². The molecule has 4 rings (SSSR count). The zero-order chi connectivity index (χ0) is 18.3. The Balaban J connectivity index is 1.77. The van der Waals surface area contributed by atoms with Crippen LogP contribution < -0.4 is 15.5 Å². The van der Waals surface area contributed by atoms with Crippen LogP contribution in [0.4, 0.5) is 17.5 Å². The van der Waals surface area contributed by atoms with E-state index in [1.807, 2.05) is 13.0 Å². The fourth-order valence-corrected chi connectivity index (χ4v) is 4.16. The van der Waals surface area contributed by atoms with Gasteiger partial charge in [-0.1, -0.05) is 17.7 Å². The molecule has 1 atom stereocenters. The highest BCUT2D eigenvalue weighted by Gasteiger charge is 2.29. The lowest BCUT2D eigenvalue weighted by atomic mass is 10.0. The molecule has 1 saturated heterocycles. The number of nitrogens with zero attached hydrogens (tertiary/aromatic N) is 4. The van der Waals surface area contributed by atoms with Gasteiger partial charge in [0, 0.05) is 49.2 Å². The summed E-state index contributed by atoms with van der Waals surface area (Å²) >= 11 is 6.71. The second-order valence-corrected chi connectivity index (χ2v) is 7.44. The van der Waals surface area contributed by atoms with Crippen LogP contribution >= 0.6 is 11.6 Å². The quantitative estimate of drug-likeness (QED) is 0.872. The molecule has 1 fully saturated rings. The summed E-state index contributed by atoms with van der Waals surface area (Å²) in [6, 6.07) is 6.31. The number of nitrogens with two attached hydrogens (primary N) is 1. The van der Waals surface area contributed by atoms with Crippen molar-refractivity contribution in [3.63, 3.8) is 0 Å². The standard InChI is InChI=1S/C19H24ClN5O/c1-12-8-18(23-19(21)22-12)25-5-3-7-26-11-17(25)14-9-13-4-6-24(2)16(13)10-15(14)20/h8-10,17H,3-7,11H2,1-2H3,(H2,21,22,23). The molecule has 0 aliphatic carbocycles.